The topological polar surface area (TPSA) is 93.4 Å². The Morgan fingerprint density at radius 1 is 1.25 bits per heavy atom. The summed E-state index contributed by atoms with van der Waals surface area (Å²) in [4.78, 5) is 21.6. The molecule has 0 aliphatic carbocycles. The summed E-state index contributed by atoms with van der Waals surface area (Å²) in [7, 11) is 0. The Hall–Kier alpha value is -2.74. The van der Waals surface area contributed by atoms with Crippen LogP contribution in [0.3, 0.4) is 0 Å². The molecule has 24 heavy (non-hydrogen) atoms. The molecule has 1 aromatic heterocycles. The summed E-state index contributed by atoms with van der Waals surface area (Å²) in [5.41, 5.74) is 1.30. The number of nitrogens with zero attached hydrogens (tertiary/aromatic N) is 4. The van der Waals surface area contributed by atoms with E-state index in [-0.39, 0.29) is 11.5 Å². The highest BCUT2D eigenvalue weighted by atomic mass is 16.6. The normalized spacial score (nSPS) is 14.5. The van der Waals surface area contributed by atoms with Crippen LogP contribution in [0, 0.1) is 17.0 Å². The summed E-state index contributed by atoms with van der Waals surface area (Å²) in [6, 6.07) is 9.69. The van der Waals surface area contributed by atoms with Crippen LogP contribution in [0.2, 0.25) is 0 Å². The van der Waals surface area contributed by atoms with Gasteiger partial charge in [0.1, 0.15) is 5.69 Å². The molecular formula is C16H19N5O3. The van der Waals surface area contributed by atoms with Gasteiger partial charge in [0.25, 0.3) is 0 Å². The summed E-state index contributed by atoms with van der Waals surface area (Å²) >= 11 is 0. The minimum absolute atomic E-state index is 0.0806. The fourth-order valence-electron chi connectivity index (χ4n) is 2.58. The van der Waals surface area contributed by atoms with Crippen LogP contribution < -0.4 is 10.2 Å². The van der Waals surface area contributed by atoms with Crippen LogP contribution in [-0.2, 0) is 11.3 Å². The van der Waals surface area contributed by atoms with Gasteiger partial charge in [0.15, 0.2) is 0 Å². The second kappa shape index (κ2) is 7.22. The van der Waals surface area contributed by atoms with Crippen molar-refractivity contribution in [3.63, 3.8) is 0 Å². The second-order valence-electron chi connectivity index (χ2n) is 5.50. The number of aryl methyl sites for hydroxylation is 1. The molecule has 0 bridgehead atoms. The predicted octanol–water partition coefficient (Wildman–Crippen LogP) is 2.14. The van der Waals surface area contributed by atoms with Crippen LogP contribution in [0.15, 0.2) is 30.3 Å². The smallest absolute Gasteiger partial charge is 0.332 e. The van der Waals surface area contributed by atoms with Crippen molar-refractivity contribution in [2.45, 2.75) is 13.5 Å². The van der Waals surface area contributed by atoms with Gasteiger partial charge in [-0.05, 0) is 12.5 Å². The molecule has 0 amide bonds. The Bertz CT molecular complexity index is 717. The van der Waals surface area contributed by atoms with Gasteiger partial charge in [-0.15, -0.1) is 0 Å². The summed E-state index contributed by atoms with van der Waals surface area (Å²) in [6.45, 7) is 4.65. The zero-order valence-corrected chi connectivity index (χ0v) is 13.4. The zero-order chi connectivity index (χ0) is 16.9. The molecule has 0 atom stereocenters. The Morgan fingerprint density at radius 3 is 2.62 bits per heavy atom. The van der Waals surface area contributed by atoms with E-state index in [2.05, 4.69) is 15.3 Å². The second-order valence-corrected chi connectivity index (χ2v) is 5.50. The minimum atomic E-state index is -0.439. The quantitative estimate of drug-likeness (QED) is 0.663. The Morgan fingerprint density at radius 2 is 1.96 bits per heavy atom. The third-order valence-electron chi connectivity index (χ3n) is 3.83. The van der Waals surface area contributed by atoms with Crippen LogP contribution in [0.1, 0.15) is 11.3 Å². The van der Waals surface area contributed by atoms with E-state index in [0.717, 1.165) is 5.56 Å². The van der Waals surface area contributed by atoms with Crippen molar-refractivity contribution in [3.8, 4) is 0 Å². The number of hydrogen-bond acceptors (Lipinski definition) is 7. The predicted molar refractivity (Wildman–Crippen MR) is 90.2 cm³/mol. The van der Waals surface area contributed by atoms with Crippen molar-refractivity contribution in [2.75, 3.05) is 36.5 Å². The van der Waals surface area contributed by atoms with Gasteiger partial charge >= 0.3 is 5.69 Å². The van der Waals surface area contributed by atoms with E-state index in [1.165, 1.54) is 0 Å². The first kappa shape index (κ1) is 16.1. The molecule has 1 aromatic carbocycles. The SMILES string of the molecule is Cc1nc(N2CCOCC2)nc(NCc2ccccc2)c1[N+](=O)[O-]. The van der Waals surface area contributed by atoms with Gasteiger partial charge in [-0.1, -0.05) is 30.3 Å². The third-order valence-corrected chi connectivity index (χ3v) is 3.83. The van der Waals surface area contributed by atoms with Crippen LogP contribution >= 0.6 is 0 Å². The molecule has 8 heteroatoms. The highest BCUT2D eigenvalue weighted by Gasteiger charge is 2.24. The number of ether oxygens (including phenoxy) is 1. The summed E-state index contributed by atoms with van der Waals surface area (Å²) in [5.74, 6) is 0.745. The molecular weight excluding hydrogens is 310 g/mol. The monoisotopic (exact) mass is 329 g/mol. The molecule has 1 aliphatic rings. The Labute approximate surface area is 139 Å². The van der Waals surface area contributed by atoms with Gasteiger partial charge < -0.3 is 15.0 Å². The van der Waals surface area contributed by atoms with Crippen molar-refractivity contribution in [1.29, 1.82) is 0 Å². The summed E-state index contributed by atoms with van der Waals surface area (Å²) in [6.07, 6.45) is 0. The number of aromatic nitrogens is 2. The maximum Gasteiger partial charge on any atom is 0.332 e. The minimum Gasteiger partial charge on any atom is -0.378 e. The van der Waals surface area contributed by atoms with Gasteiger partial charge in [-0.3, -0.25) is 10.1 Å². The maximum absolute atomic E-state index is 11.4. The van der Waals surface area contributed by atoms with Crippen molar-refractivity contribution in [3.05, 3.63) is 51.7 Å². The standard InChI is InChI=1S/C16H19N5O3/c1-12-14(21(22)23)15(17-11-13-5-3-2-4-6-13)19-16(18-12)20-7-9-24-10-8-20/h2-6H,7-11H2,1H3,(H,17,18,19). The van der Waals surface area contributed by atoms with Gasteiger partial charge in [0, 0.05) is 19.6 Å². The van der Waals surface area contributed by atoms with E-state index in [0.29, 0.717) is 44.5 Å². The van der Waals surface area contributed by atoms with E-state index < -0.39 is 4.92 Å². The van der Waals surface area contributed by atoms with E-state index in [4.69, 9.17) is 4.74 Å². The fraction of sp³-hybridized carbons (Fsp3) is 0.375. The molecule has 0 saturated carbocycles. The molecule has 0 spiro atoms. The van der Waals surface area contributed by atoms with Gasteiger partial charge in [0.2, 0.25) is 11.8 Å². The molecule has 0 radical (unpaired) electrons. The molecule has 1 fully saturated rings. The highest BCUT2D eigenvalue weighted by Crippen LogP contribution is 2.28. The van der Waals surface area contributed by atoms with Crippen LogP contribution in [0.25, 0.3) is 0 Å². The third kappa shape index (κ3) is 3.60. The summed E-state index contributed by atoms with van der Waals surface area (Å²) < 4.78 is 5.33. The lowest BCUT2D eigenvalue weighted by molar-refractivity contribution is -0.385. The fourth-order valence-corrected chi connectivity index (χ4v) is 2.58. The molecule has 1 aliphatic heterocycles. The Balaban J connectivity index is 1.88. The van der Waals surface area contributed by atoms with E-state index >= 15 is 0 Å². The molecule has 1 saturated heterocycles. The lowest BCUT2D eigenvalue weighted by atomic mass is 10.2. The van der Waals surface area contributed by atoms with E-state index in [1.54, 1.807) is 6.92 Å². The molecule has 0 unspecified atom stereocenters. The van der Waals surface area contributed by atoms with E-state index in [1.807, 2.05) is 35.2 Å². The van der Waals surface area contributed by atoms with Crippen molar-refractivity contribution in [1.82, 2.24) is 9.97 Å². The lowest BCUT2D eigenvalue weighted by Crippen LogP contribution is -2.37. The van der Waals surface area contributed by atoms with Crippen molar-refractivity contribution < 1.29 is 9.66 Å². The molecule has 1 N–H and O–H groups in total. The Kier molecular flexibility index (Phi) is 4.85. The molecule has 2 heterocycles. The lowest BCUT2D eigenvalue weighted by Gasteiger charge is -2.27. The van der Waals surface area contributed by atoms with Crippen LogP contribution in [0.4, 0.5) is 17.5 Å². The number of nitrogens with one attached hydrogen (secondary N) is 1. The number of nitro groups is 1. The number of benzene rings is 1. The number of rotatable bonds is 5. The maximum atomic E-state index is 11.4. The summed E-state index contributed by atoms with van der Waals surface area (Å²) in [5, 5.41) is 14.5. The molecule has 126 valence electrons. The first-order chi connectivity index (χ1) is 11.6. The van der Waals surface area contributed by atoms with Crippen molar-refractivity contribution in [2.24, 2.45) is 0 Å². The molecule has 8 nitrogen and oxygen atoms in total. The first-order valence-corrected chi connectivity index (χ1v) is 7.78. The number of hydrogen-bond donors (Lipinski definition) is 1. The van der Waals surface area contributed by atoms with E-state index in [9.17, 15) is 10.1 Å². The molecule has 2 aromatic rings. The van der Waals surface area contributed by atoms with Gasteiger partial charge in [0.05, 0.1) is 18.1 Å². The zero-order valence-electron chi connectivity index (χ0n) is 13.4. The van der Waals surface area contributed by atoms with Crippen molar-refractivity contribution >= 4 is 17.5 Å². The average Bonchev–Trinajstić information content (AvgIpc) is 2.60. The molecule has 3 rings (SSSR count). The number of morpholine rings is 1. The largest absolute Gasteiger partial charge is 0.378 e. The average molecular weight is 329 g/mol. The highest BCUT2D eigenvalue weighted by molar-refractivity contribution is 5.61. The van der Waals surface area contributed by atoms with Gasteiger partial charge in [-0.25, -0.2) is 4.98 Å². The van der Waals surface area contributed by atoms with Gasteiger partial charge in [-0.2, -0.15) is 4.98 Å². The van der Waals surface area contributed by atoms with Crippen LogP contribution in [-0.4, -0.2) is 41.2 Å². The van der Waals surface area contributed by atoms with Crippen LogP contribution in [0.5, 0.6) is 0 Å². The number of anilines is 2. The first-order valence-electron chi connectivity index (χ1n) is 7.78.